The average molecular weight is 477 g/mol. The van der Waals surface area contributed by atoms with Gasteiger partial charge in [0.25, 0.3) is 5.91 Å². The third-order valence-corrected chi connectivity index (χ3v) is 5.99. The number of methoxy groups -OCH3 is 3. The first kappa shape index (κ1) is 25.6. The van der Waals surface area contributed by atoms with Crippen LogP contribution < -0.4 is 19.5 Å². The molecule has 0 radical (unpaired) electrons. The molecule has 0 aliphatic carbocycles. The van der Waals surface area contributed by atoms with Crippen LogP contribution in [0.4, 0.5) is 5.69 Å². The highest BCUT2D eigenvalue weighted by Crippen LogP contribution is 2.38. The summed E-state index contributed by atoms with van der Waals surface area (Å²) in [6.45, 7) is 1.97. The Balaban J connectivity index is 1.65. The second-order valence-corrected chi connectivity index (χ2v) is 8.16. The van der Waals surface area contributed by atoms with Crippen LogP contribution in [0.5, 0.6) is 17.2 Å². The standard InChI is InChI=1S/C28H32N2O5/c1-19(22-12-9-13-23(18-22)29-28(32)21-10-7-6-8-11-21)30(2)26(31)15-14-20-16-24(33-3)27(35-5)25(17-20)34-4/h6-13,16-19H,14-15H2,1-5H3,(H,29,32). The fourth-order valence-corrected chi connectivity index (χ4v) is 3.82. The summed E-state index contributed by atoms with van der Waals surface area (Å²) < 4.78 is 16.2. The largest absolute Gasteiger partial charge is 0.493 e. The molecule has 3 rings (SSSR count). The van der Waals surface area contributed by atoms with E-state index in [9.17, 15) is 9.59 Å². The first-order chi connectivity index (χ1) is 16.9. The Bertz CT molecular complexity index is 1140. The smallest absolute Gasteiger partial charge is 0.255 e. The molecule has 35 heavy (non-hydrogen) atoms. The van der Waals surface area contributed by atoms with Crippen molar-refractivity contribution < 1.29 is 23.8 Å². The van der Waals surface area contributed by atoms with Crippen LogP contribution in [0.1, 0.15) is 40.9 Å². The molecule has 3 aromatic rings. The third kappa shape index (κ3) is 6.32. The summed E-state index contributed by atoms with van der Waals surface area (Å²) in [6, 6.07) is 20.2. The molecule has 0 aliphatic heterocycles. The van der Waals surface area contributed by atoms with Gasteiger partial charge in [-0.25, -0.2) is 0 Å². The molecule has 1 N–H and O–H groups in total. The highest BCUT2D eigenvalue weighted by atomic mass is 16.5. The minimum Gasteiger partial charge on any atom is -0.493 e. The molecule has 0 aromatic heterocycles. The Hall–Kier alpha value is -4.00. The molecular weight excluding hydrogens is 444 g/mol. The van der Waals surface area contributed by atoms with Crippen LogP contribution in [0, 0.1) is 0 Å². The van der Waals surface area contributed by atoms with E-state index >= 15 is 0 Å². The lowest BCUT2D eigenvalue weighted by atomic mass is 10.0. The SMILES string of the molecule is COc1cc(CCC(=O)N(C)C(C)c2cccc(NC(=O)c3ccccc3)c2)cc(OC)c1OC. The van der Waals surface area contributed by atoms with Gasteiger partial charge in [0.1, 0.15) is 0 Å². The molecule has 7 nitrogen and oxygen atoms in total. The van der Waals surface area contributed by atoms with Crippen LogP contribution in [0.15, 0.2) is 66.7 Å². The fraction of sp³-hybridized carbons (Fsp3) is 0.286. The lowest BCUT2D eigenvalue weighted by Crippen LogP contribution is -2.29. The number of hydrogen-bond acceptors (Lipinski definition) is 5. The maximum atomic E-state index is 13.0. The van der Waals surface area contributed by atoms with Gasteiger partial charge in [0.05, 0.1) is 27.4 Å². The van der Waals surface area contributed by atoms with Gasteiger partial charge in [0.15, 0.2) is 11.5 Å². The molecule has 0 spiro atoms. The van der Waals surface area contributed by atoms with E-state index in [0.717, 1.165) is 11.1 Å². The number of hydrogen-bond donors (Lipinski definition) is 1. The second-order valence-electron chi connectivity index (χ2n) is 8.16. The van der Waals surface area contributed by atoms with Crippen LogP contribution in [0.3, 0.4) is 0 Å². The van der Waals surface area contributed by atoms with Crippen molar-refractivity contribution >= 4 is 17.5 Å². The van der Waals surface area contributed by atoms with Gasteiger partial charge >= 0.3 is 0 Å². The summed E-state index contributed by atoms with van der Waals surface area (Å²) in [5.74, 6) is 1.47. The Morgan fingerprint density at radius 1 is 0.886 bits per heavy atom. The van der Waals surface area contributed by atoms with Crippen LogP contribution in [-0.2, 0) is 11.2 Å². The van der Waals surface area contributed by atoms with Crippen molar-refractivity contribution in [1.29, 1.82) is 0 Å². The zero-order valence-corrected chi connectivity index (χ0v) is 20.8. The minimum absolute atomic E-state index is 0.00461. The van der Waals surface area contributed by atoms with E-state index in [1.54, 1.807) is 45.4 Å². The summed E-state index contributed by atoms with van der Waals surface area (Å²) in [7, 11) is 6.48. The van der Waals surface area contributed by atoms with Gasteiger partial charge in [-0.15, -0.1) is 0 Å². The first-order valence-corrected chi connectivity index (χ1v) is 11.4. The van der Waals surface area contributed by atoms with Gasteiger partial charge in [-0.1, -0.05) is 30.3 Å². The van der Waals surface area contributed by atoms with Crippen LogP contribution in [0.25, 0.3) is 0 Å². The predicted octanol–water partition coefficient (Wildman–Crippen LogP) is 5.12. The summed E-state index contributed by atoms with van der Waals surface area (Å²) in [6.07, 6.45) is 0.851. The van der Waals surface area contributed by atoms with Gasteiger partial charge < -0.3 is 24.4 Å². The molecule has 0 saturated heterocycles. The lowest BCUT2D eigenvalue weighted by Gasteiger charge is -2.26. The molecular formula is C28H32N2O5. The van der Waals surface area contributed by atoms with E-state index in [4.69, 9.17) is 14.2 Å². The topological polar surface area (TPSA) is 77.1 Å². The Labute approximate surface area is 206 Å². The maximum Gasteiger partial charge on any atom is 0.255 e. The molecule has 0 heterocycles. The molecule has 184 valence electrons. The zero-order valence-electron chi connectivity index (χ0n) is 20.8. The summed E-state index contributed by atoms with van der Waals surface area (Å²) >= 11 is 0. The van der Waals surface area contributed by atoms with E-state index in [-0.39, 0.29) is 17.9 Å². The number of benzene rings is 3. The number of carbonyl (C=O) groups is 2. The van der Waals surface area contributed by atoms with E-state index in [1.807, 2.05) is 61.5 Å². The number of carbonyl (C=O) groups excluding carboxylic acids is 2. The Kier molecular flexibility index (Phi) is 8.73. The fourth-order valence-electron chi connectivity index (χ4n) is 3.82. The van der Waals surface area contributed by atoms with Crippen molar-refractivity contribution in [2.75, 3.05) is 33.7 Å². The molecule has 0 aliphatic rings. The van der Waals surface area contributed by atoms with Gasteiger partial charge in [-0.3, -0.25) is 9.59 Å². The molecule has 3 aromatic carbocycles. The van der Waals surface area contributed by atoms with Gasteiger partial charge in [0.2, 0.25) is 11.7 Å². The number of aryl methyl sites for hydroxylation is 1. The highest BCUT2D eigenvalue weighted by molar-refractivity contribution is 6.04. The summed E-state index contributed by atoms with van der Waals surface area (Å²) in [5.41, 5.74) is 3.12. The first-order valence-electron chi connectivity index (χ1n) is 11.4. The number of nitrogens with one attached hydrogen (secondary N) is 1. The van der Waals surface area contributed by atoms with Crippen molar-refractivity contribution in [1.82, 2.24) is 4.90 Å². The number of nitrogens with zero attached hydrogens (tertiary/aromatic N) is 1. The predicted molar refractivity (Wildman–Crippen MR) is 136 cm³/mol. The molecule has 7 heteroatoms. The Morgan fingerprint density at radius 3 is 2.14 bits per heavy atom. The van der Waals surface area contributed by atoms with Crippen molar-refractivity contribution in [3.8, 4) is 17.2 Å². The van der Waals surface area contributed by atoms with Gasteiger partial charge in [0, 0.05) is 24.7 Å². The van der Waals surface area contributed by atoms with E-state index in [0.29, 0.717) is 41.3 Å². The molecule has 1 atom stereocenters. The molecule has 2 amide bonds. The molecule has 0 saturated carbocycles. The monoisotopic (exact) mass is 476 g/mol. The quantitative estimate of drug-likeness (QED) is 0.440. The number of anilines is 1. The normalized spacial score (nSPS) is 11.3. The zero-order chi connectivity index (χ0) is 25.4. The number of ether oxygens (including phenoxy) is 3. The molecule has 0 fully saturated rings. The summed E-state index contributed by atoms with van der Waals surface area (Å²) in [5, 5.41) is 2.92. The molecule has 0 bridgehead atoms. The van der Waals surface area contributed by atoms with E-state index in [1.165, 1.54) is 0 Å². The van der Waals surface area contributed by atoms with Crippen molar-refractivity contribution in [3.05, 3.63) is 83.4 Å². The maximum absolute atomic E-state index is 13.0. The van der Waals surface area contributed by atoms with Crippen LogP contribution in [0.2, 0.25) is 0 Å². The van der Waals surface area contributed by atoms with Gasteiger partial charge in [-0.2, -0.15) is 0 Å². The van der Waals surface area contributed by atoms with Gasteiger partial charge in [-0.05, 0) is 60.9 Å². The highest BCUT2D eigenvalue weighted by Gasteiger charge is 2.19. The summed E-state index contributed by atoms with van der Waals surface area (Å²) in [4.78, 5) is 27.2. The van der Waals surface area contributed by atoms with E-state index in [2.05, 4.69) is 5.32 Å². The average Bonchev–Trinajstić information content (AvgIpc) is 2.90. The van der Waals surface area contributed by atoms with Crippen molar-refractivity contribution in [2.45, 2.75) is 25.8 Å². The molecule has 1 unspecified atom stereocenters. The number of rotatable bonds is 10. The van der Waals surface area contributed by atoms with Crippen LogP contribution in [-0.4, -0.2) is 45.1 Å². The number of amides is 2. The Morgan fingerprint density at radius 2 is 1.54 bits per heavy atom. The minimum atomic E-state index is -0.176. The second kappa shape index (κ2) is 11.9. The van der Waals surface area contributed by atoms with Crippen LogP contribution >= 0.6 is 0 Å². The van der Waals surface area contributed by atoms with Crippen molar-refractivity contribution in [2.24, 2.45) is 0 Å². The van der Waals surface area contributed by atoms with Crippen molar-refractivity contribution in [3.63, 3.8) is 0 Å². The third-order valence-electron chi connectivity index (χ3n) is 5.99. The van der Waals surface area contributed by atoms with E-state index < -0.39 is 0 Å². The lowest BCUT2D eigenvalue weighted by molar-refractivity contribution is -0.131.